The molecule has 0 spiro atoms. The van der Waals surface area contributed by atoms with Gasteiger partial charge in [-0.15, -0.1) is 0 Å². The van der Waals surface area contributed by atoms with E-state index in [1.165, 1.54) is 0 Å². The molecule has 0 radical (unpaired) electrons. The highest BCUT2D eigenvalue weighted by Crippen LogP contribution is 2.36. The number of benzene rings is 2. The molecule has 1 N–H and O–H groups in total. The van der Waals surface area contributed by atoms with Crippen LogP contribution in [0, 0.1) is 6.92 Å². The van der Waals surface area contributed by atoms with Crippen LogP contribution < -0.4 is 5.32 Å². The van der Waals surface area contributed by atoms with Crippen molar-refractivity contribution in [3.05, 3.63) is 80.5 Å². The number of carbonyl (C=O) groups excluding carboxylic acids is 3. The first-order valence-electron chi connectivity index (χ1n) is 13.2. The van der Waals surface area contributed by atoms with Gasteiger partial charge in [0.15, 0.2) is 0 Å². The van der Waals surface area contributed by atoms with Gasteiger partial charge in [-0.25, -0.2) is 9.59 Å². The van der Waals surface area contributed by atoms with Crippen molar-refractivity contribution in [1.29, 1.82) is 0 Å². The zero-order chi connectivity index (χ0) is 28.3. The first kappa shape index (κ1) is 28.9. The highest BCUT2D eigenvalue weighted by atomic mass is 35.5. The summed E-state index contributed by atoms with van der Waals surface area (Å²) in [5.41, 5.74) is 3.24. The predicted molar refractivity (Wildman–Crippen MR) is 152 cm³/mol. The monoisotopic (exact) mass is 572 g/mol. The molecule has 0 aromatic heterocycles. The van der Waals surface area contributed by atoms with Gasteiger partial charge < -0.3 is 15.0 Å². The standard InChI is InChI=1S/C29H34Cl2N4O4/c1-5-34-24(17-33-13-14-35(19(4)16-33)27(36)20-9-7-18(3)8-10-20)25(28(37)39-6-2)26(32-29(34)38)22-12-11-21(30)15-23(22)31/h7-12,15,19,26H,5-6,13-14,16-17H2,1-4H3,(H,32,38). The van der Waals surface area contributed by atoms with Gasteiger partial charge in [-0.05, 0) is 57.5 Å². The van der Waals surface area contributed by atoms with Crippen LogP contribution in [0.5, 0.6) is 0 Å². The van der Waals surface area contributed by atoms with E-state index in [2.05, 4.69) is 10.2 Å². The fraction of sp³-hybridized carbons (Fsp3) is 0.414. The van der Waals surface area contributed by atoms with Crippen molar-refractivity contribution in [2.45, 2.75) is 39.8 Å². The Labute approximate surface area is 239 Å². The molecule has 4 rings (SSSR count). The number of urea groups is 1. The van der Waals surface area contributed by atoms with Crippen LogP contribution in [-0.4, -0.2) is 78.0 Å². The van der Waals surface area contributed by atoms with Crippen LogP contribution in [0.2, 0.25) is 10.0 Å². The number of aryl methyl sites for hydroxylation is 1. The minimum Gasteiger partial charge on any atom is -0.463 e. The molecular weight excluding hydrogens is 539 g/mol. The summed E-state index contributed by atoms with van der Waals surface area (Å²) in [6, 6.07) is 11.4. The SMILES string of the molecule is CCOC(=O)C1=C(CN2CCN(C(=O)c3ccc(C)cc3)C(C)C2)N(CC)C(=O)NC1c1ccc(Cl)cc1Cl. The number of nitrogens with zero attached hydrogens (tertiary/aromatic N) is 3. The predicted octanol–water partition coefficient (Wildman–Crippen LogP) is 5.05. The van der Waals surface area contributed by atoms with Crippen LogP contribution in [0.4, 0.5) is 4.79 Å². The first-order valence-corrected chi connectivity index (χ1v) is 13.9. The van der Waals surface area contributed by atoms with Crippen LogP contribution in [0.1, 0.15) is 48.3 Å². The summed E-state index contributed by atoms with van der Waals surface area (Å²) < 4.78 is 5.46. The Hall–Kier alpha value is -3.07. The van der Waals surface area contributed by atoms with Crippen molar-refractivity contribution in [3.8, 4) is 0 Å². The summed E-state index contributed by atoms with van der Waals surface area (Å²) in [7, 11) is 0. The van der Waals surface area contributed by atoms with Gasteiger partial charge in [0.1, 0.15) is 0 Å². The number of halogens is 2. The van der Waals surface area contributed by atoms with Crippen molar-refractivity contribution in [3.63, 3.8) is 0 Å². The zero-order valence-corrected chi connectivity index (χ0v) is 24.2. The highest BCUT2D eigenvalue weighted by Gasteiger charge is 2.40. The number of likely N-dealkylation sites (N-methyl/N-ethyl adjacent to an activating group) is 1. The van der Waals surface area contributed by atoms with Gasteiger partial charge in [-0.1, -0.05) is 47.0 Å². The molecule has 8 nitrogen and oxygen atoms in total. The van der Waals surface area contributed by atoms with Gasteiger partial charge in [0.2, 0.25) is 0 Å². The number of nitrogens with one attached hydrogen (secondary N) is 1. The smallest absolute Gasteiger partial charge is 0.338 e. The molecule has 39 heavy (non-hydrogen) atoms. The van der Waals surface area contributed by atoms with Crippen LogP contribution in [0.25, 0.3) is 0 Å². The minimum atomic E-state index is -0.791. The molecule has 1 fully saturated rings. The van der Waals surface area contributed by atoms with Gasteiger partial charge in [-0.2, -0.15) is 0 Å². The molecule has 10 heteroatoms. The number of piperazine rings is 1. The van der Waals surface area contributed by atoms with Crippen molar-refractivity contribution in [1.82, 2.24) is 20.0 Å². The Morgan fingerprint density at radius 1 is 1.08 bits per heavy atom. The number of hydrogen-bond acceptors (Lipinski definition) is 5. The molecule has 208 valence electrons. The summed E-state index contributed by atoms with van der Waals surface area (Å²) in [5, 5.41) is 3.73. The molecule has 2 unspecified atom stereocenters. The highest BCUT2D eigenvalue weighted by molar-refractivity contribution is 6.35. The quantitative estimate of drug-likeness (QED) is 0.469. The first-order chi connectivity index (χ1) is 18.6. The fourth-order valence-electron chi connectivity index (χ4n) is 5.18. The number of carbonyl (C=O) groups is 3. The summed E-state index contributed by atoms with van der Waals surface area (Å²) >= 11 is 12.6. The van der Waals surface area contributed by atoms with E-state index in [0.29, 0.717) is 65.2 Å². The summed E-state index contributed by atoms with van der Waals surface area (Å²) in [5.74, 6) is -0.513. The molecule has 2 aromatic rings. The summed E-state index contributed by atoms with van der Waals surface area (Å²) in [6.45, 7) is 10.2. The van der Waals surface area contributed by atoms with Gasteiger partial charge in [0, 0.05) is 60.1 Å². The Kier molecular flexibility index (Phi) is 9.20. The topological polar surface area (TPSA) is 82.2 Å². The second-order valence-corrected chi connectivity index (χ2v) is 10.7. The Balaban J connectivity index is 1.64. The Morgan fingerprint density at radius 2 is 1.79 bits per heavy atom. The molecule has 0 saturated carbocycles. The van der Waals surface area contributed by atoms with Crippen LogP contribution in [0.15, 0.2) is 53.7 Å². The Morgan fingerprint density at radius 3 is 2.41 bits per heavy atom. The maximum Gasteiger partial charge on any atom is 0.338 e. The van der Waals surface area contributed by atoms with E-state index in [4.69, 9.17) is 27.9 Å². The molecule has 2 aliphatic heterocycles. The largest absolute Gasteiger partial charge is 0.463 e. The van der Waals surface area contributed by atoms with E-state index >= 15 is 0 Å². The number of ether oxygens (including phenoxy) is 1. The maximum atomic E-state index is 13.4. The van der Waals surface area contributed by atoms with E-state index in [1.807, 2.05) is 49.9 Å². The molecule has 2 aliphatic rings. The van der Waals surface area contributed by atoms with E-state index < -0.39 is 12.0 Å². The molecule has 2 aromatic carbocycles. The molecule has 2 atom stereocenters. The van der Waals surface area contributed by atoms with Gasteiger partial charge >= 0.3 is 12.0 Å². The molecule has 2 heterocycles. The van der Waals surface area contributed by atoms with E-state index in [1.54, 1.807) is 30.0 Å². The van der Waals surface area contributed by atoms with Crippen molar-refractivity contribution >= 4 is 41.1 Å². The average molecular weight is 574 g/mol. The van der Waals surface area contributed by atoms with Crippen LogP contribution in [0.3, 0.4) is 0 Å². The minimum absolute atomic E-state index is 0.00162. The van der Waals surface area contributed by atoms with Crippen molar-refractivity contribution in [2.24, 2.45) is 0 Å². The average Bonchev–Trinajstić information content (AvgIpc) is 2.89. The summed E-state index contributed by atoms with van der Waals surface area (Å²) in [6.07, 6.45) is 0. The number of hydrogen-bond donors (Lipinski definition) is 1. The fourth-order valence-corrected chi connectivity index (χ4v) is 5.70. The lowest BCUT2D eigenvalue weighted by atomic mass is 9.94. The van der Waals surface area contributed by atoms with Gasteiger partial charge in [0.05, 0.1) is 18.2 Å². The van der Waals surface area contributed by atoms with Gasteiger partial charge in [-0.3, -0.25) is 14.6 Å². The summed E-state index contributed by atoms with van der Waals surface area (Å²) in [4.78, 5) is 45.4. The molecule has 0 bridgehead atoms. The third kappa shape index (κ3) is 6.24. The second-order valence-electron chi connectivity index (χ2n) is 9.82. The third-order valence-corrected chi connectivity index (χ3v) is 7.73. The lowest BCUT2D eigenvalue weighted by Gasteiger charge is -2.43. The van der Waals surface area contributed by atoms with Crippen molar-refractivity contribution in [2.75, 3.05) is 39.3 Å². The molecular formula is C29H34Cl2N4O4. The lowest BCUT2D eigenvalue weighted by molar-refractivity contribution is -0.139. The maximum absolute atomic E-state index is 13.4. The number of esters is 1. The third-order valence-electron chi connectivity index (χ3n) is 7.17. The Bertz CT molecular complexity index is 1280. The molecule has 3 amide bonds. The normalized spacial score (nSPS) is 20.2. The second kappa shape index (κ2) is 12.4. The van der Waals surface area contributed by atoms with E-state index in [0.717, 1.165) is 5.56 Å². The zero-order valence-electron chi connectivity index (χ0n) is 22.7. The lowest BCUT2D eigenvalue weighted by Crippen LogP contribution is -2.56. The number of rotatable bonds is 7. The van der Waals surface area contributed by atoms with Gasteiger partial charge in [0.25, 0.3) is 5.91 Å². The van der Waals surface area contributed by atoms with E-state index in [9.17, 15) is 14.4 Å². The molecule has 0 aliphatic carbocycles. The van der Waals surface area contributed by atoms with Crippen LogP contribution in [-0.2, 0) is 9.53 Å². The van der Waals surface area contributed by atoms with Crippen LogP contribution >= 0.6 is 23.2 Å². The number of amides is 3. The van der Waals surface area contributed by atoms with E-state index in [-0.39, 0.29) is 24.6 Å². The molecule has 1 saturated heterocycles. The van der Waals surface area contributed by atoms with Crippen molar-refractivity contribution < 1.29 is 19.1 Å².